The molecule has 5 nitrogen and oxygen atoms in total. The van der Waals surface area contributed by atoms with E-state index in [1.54, 1.807) is 31.4 Å². The zero-order chi connectivity index (χ0) is 17.5. The predicted octanol–water partition coefficient (Wildman–Crippen LogP) is 3.53. The van der Waals surface area contributed by atoms with Gasteiger partial charge in [-0.3, -0.25) is 9.59 Å². The summed E-state index contributed by atoms with van der Waals surface area (Å²) < 4.78 is 5.06. The molecule has 0 radical (unpaired) electrons. The SMILES string of the molecule is COc1ccc(NC(=O)C[C@H](C(=O)O)[C@H](C)c2ccccc2)cc1. The first kappa shape index (κ1) is 17.5. The van der Waals surface area contributed by atoms with Crippen molar-refractivity contribution in [1.29, 1.82) is 0 Å². The Kier molecular flexibility index (Phi) is 5.95. The molecule has 0 fully saturated rings. The van der Waals surface area contributed by atoms with E-state index < -0.39 is 11.9 Å². The first-order chi connectivity index (χ1) is 11.5. The summed E-state index contributed by atoms with van der Waals surface area (Å²) in [6.45, 7) is 1.83. The van der Waals surface area contributed by atoms with Crippen LogP contribution in [0, 0.1) is 5.92 Å². The Morgan fingerprint density at radius 3 is 2.25 bits per heavy atom. The quantitative estimate of drug-likeness (QED) is 0.816. The molecule has 1 amide bonds. The van der Waals surface area contributed by atoms with E-state index >= 15 is 0 Å². The number of carbonyl (C=O) groups is 2. The van der Waals surface area contributed by atoms with Gasteiger partial charge in [-0.25, -0.2) is 0 Å². The van der Waals surface area contributed by atoms with Crippen LogP contribution in [0.25, 0.3) is 0 Å². The van der Waals surface area contributed by atoms with E-state index in [1.165, 1.54) is 0 Å². The molecule has 2 rings (SSSR count). The number of nitrogens with one attached hydrogen (secondary N) is 1. The highest BCUT2D eigenvalue weighted by Gasteiger charge is 2.28. The van der Waals surface area contributed by atoms with E-state index in [-0.39, 0.29) is 18.2 Å². The minimum Gasteiger partial charge on any atom is -0.497 e. The molecule has 0 aliphatic rings. The van der Waals surface area contributed by atoms with Crippen LogP contribution in [0.15, 0.2) is 54.6 Å². The summed E-state index contributed by atoms with van der Waals surface area (Å²) in [6.07, 6.45) is -0.0859. The highest BCUT2D eigenvalue weighted by molar-refractivity contribution is 5.93. The summed E-state index contributed by atoms with van der Waals surface area (Å²) in [4.78, 5) is 23.8. The zero-order valence-electron chi connectivity index (χ0n) is 13.7. The van der Waals surface area contributed by atoms with Crippen molar-refractivity contribution in [2.75, 3.05) is 12.4 Å². The third-order valence-electron chi connectivity index (χ3n) is 4.03. The summed E-state index contributed by atoms with van der Waals surface area (Å²) >= 11 is 0. The number of anilines is 1. The Balaban J connectivity index is 2.04. The van der Waals surface area contributed by atoms with Gasteiger partial charge in [0.1, 0.15) is 5.75 Å². The van der Waals surface area contributed by atoms with Gasteiger partial charge in [-0.2, -0.15) is 0 Å². The lowest BCUT2D eigenvalue weighted by molar-refractivity contribution is -0.144. The predicted molar refractivity (Wildman–Crippen MR) is 92.2 cm³/mol. The molecule has 0 heterocycles. The molecule has 0 unspecified atom stereocenters. The number of carboxylic acid groups (broad SMARTS) is 1. The van der Waals surface area contributed by atoms with Crippen molar-refractivity contribution < 1.29 is 19.4 Å². The van der Waals surface area contributed by atoms with E-state index in [9.17, 15) is 14.7 Å². The lowest BCUT2D eigenvalue weighted by atomic mass is 9.85. The average molecular weight is 327 g/mol. The van der Waals surface area contributed by atoms with E-state index in [0.29, 0.717) is 11.4 Å². The number of benzene rings is 2. The highest BCUT2D eigenvalue weighted by atomic mass is 16.5. The summed E-state index contributed by atoms with van der Waals surface area (Å²) in [5.41, 5.74) is 1.51. The summed E-state index contributed by atoms with van der Waals surface area (Å²) in [5.74, 6) is -1.66. The number of carbonyl (C=O) groups excluding carboxylic acids is 1. The maximum atomic E-state index is 12.2. The Bertz CT molecular complexity index is 682. The van der Waals surface area contributed by atoms with Gasteiger partial charge in [-0.1, -0.05) is 37.3 Å². The van der Waals surface area contributed by atoms with Gasteiger partial charge in [-0.15, -0.1) is 0 Å². The fourth-order valence-corrected chi connectivity index (χ4v) is 2.55. The number of rotatable bonds is 7. The van der Waals surface area contributed by atoms with Crippen LogP contribution in [0.5, 0.6) is 5.75 Å². The molecule has 0 aliphatic carbocycles. The molecule has 5 heteroatoms. The van der Waals surface area contributed by atoms with Crippen molar-refractivity contribution in [2.24, 2.45) is 5.92 Å². The fraction of sp³-hybridized carbons (Fsp3) is 0.263. The molecule has 0 aliphatic heterocycles. The second kappa shape index (κ2) is 8.15. The standard InChI is InChI=1S/C19H21NO4/c1-13(14-6-4-3-5-7-14)17(19(22)23)12-18(21)20-15-8-10-16(24-2)11-9-15/h3-11,13,17H,12H2,1-2H3,(H,20,21)(H,22,23)/t13-,17+/m1/s1. The molecule has 0 saturated carbocycles. The maximum absolute atomic E-state index is 12.2. The molecular weight excluding hydrogens is 306 g/mol. The van der Waals surface area contributed by atoms with Gasteiger partial charge in [0.15, 0.2) is 0 Å². The second-order valence-corrected chi connectivity index (χ2v) is 5.62. The largest absolute Gasteiger partial charge is 0.497 e. The Labute approximate surface area is 141 Å². The molecule has 0 aromatic heterocycles. The van der Waals surface area contributed by atoms with Gasteiger partial charge in [0.2, 0.25) is 5.91 Å². The maximum Gasteiger partial charge on any atom is 0.307 e. The second-order valence-electron chi connectivity index (χ2n) is 5.62. The molecule has 0 spiro atoms. The van der Waals surface area contributed by atoms with Gasteiger partial charge in [-0.05, 0) is 35.7 Å². The Morgan fingerprint density at radius 2 is 1.71 bits per heavy atom. The van der Waals surface area contributed by atoms with Crippen LogP contribution in [0.4, 0.5) is 5.69 Å². The molecule has 2 aromatic carbocycles. The Morgan fingerprint density at radius 1 is 1.08 bits per heavy atom. The third-order valence-corrected chi connectivity index (χ3v) is 4.03. The summed E-state index contributed by atoms with van der Waals surface area (Å²) in [5, 5.41) is 12.2. The van der Waals surface area contributed by atoms with Crippen molar-refractivity contribution in [1.82, 2.24) is 0 Å². The topological polar surface area (TPSA) is 75.6 Å². The van der Waals surface area contributed by atoms with Crippen molar-refractivity contribution in [2.45, 2.75) is 19.3 Å². The molecule has 0 saturated heterocycles. The number of hydrogen-bond donors (Lipinski definition) is 2. The number of aliphatic carboxylic acids is 1. The number of carboxylic acids is 1. The summed E-state index contributed by atoms with van der Waals surface area (Å²) in [6, 6.07) is 16.3. The molecule has 2 atom stereocenters. The first-order valence-corrected chi connectivity index (χ1v) is 7.73. The van der Waals surface area contributed by atoms with Crippen LogP contribution < -0.4 is 10.1 Å². The molecule has 2 aromatic rings. The van der Waals surface area contributed by atoms with E-state index in [1.807, 2.05) is 37.3 Å². The van der Waals surface area contributed by atoms with Crippen LogP contribution >= 0.6 is 0 Å². The lowest BCUT2D eigenvalue weighted by Crippen LogP contribution is -2.26. The van der Waals surface area contributed by atoms with Gasteiger partial charge >= 0.3 is 5.97 Å². The van der Waals surface area contributed by atoms with Crippen LogP contribution in [-0.4, -0.2) is 24.1 Å². The zero-order valence-corrected chi connectivity index (χ0v) is 13.7. The van der Waals surface area contributed by atoms with E-state index in [0.717, 1.165) is 5.56 Å². The van der Waals surface area contributed by atoms with Crippen LogP contribution in [0.1, 0.15) is 24.8 Å². The van der Waals surface area contributed by atoms with Crippen LogP contribution in [0.2, 0.25) is 0 Å². The first-order valence-electron chi connectivity index (χ1n) is 7.73. The van der Waals surface area contributed by atoms with Gasteiger partial charge in [0, 0.05) is 12.1 Å². The molecular formula is C19H21NO4. The van der Waals surface area contributed by atoms with E-state index in [2.05, 4.69) is 5.32 Å². The monoisotopic (exact) mass is 327 g/mol. The summed E-state index contributed by atoms with van der Waals surface area (Å²) in [7, 11) is 1.57. The van der Waals surface area contributed by atoms with Crippen molar-refractivity contribution in [3.8, 4) is 5.75 Å². The minimum atomic E-state index is -0.976. The van der Waals surface area contributed by atoms with Gasteiger partial charge in [0.05, 0.1) is 13.0 Å². The highest BCUT2D eigenvalue weighted by Crippen LogP contribution is 2.27. The number of ether oxygens (including phenoxy) is 1. The van der Waals surface area contributed by atoms with Crippen molar-refractivity contribution in [3.05, 3.63) is 60.2 Å². The Hall–Kier alpha value is -2.82. The normalized spacial score (nSPS) is 12.9. The van der Waals surface area contributed by atoms with Crippen molar-refractivity contribution >= 4 is 17.6 Å². The fourth-order valence-electron chi connectivity index (χ4n) is 2.55. The molecule has 126 valence electrons. The van der Waals surface area contributed by atoms with E-state index in [4.69, 9.17) is 4.74 Å². The number of hydrogen-bond acceptors (Lipinski definition) is 3. The number of methoxy groups -OCH3 is 1. The number of amides is 1. The molecule has 24 heavy (non-hydrogen) atoms. The van der Waals surface area contributed by atoms with Crippen LogP contribution in [-0.2, 0) is 9.59 Å². The van der Waals surface area contributed by atoms with Gasteiger partial charge in [0.25, 0.3) is 0 Å². The lowest BCUT2D eigenvalue weighted by Gasteiger charge is -2.20. The third kappa shape index (κ3) is 4.59. The molecule has 2 N–H and O–H groups in total. The van der Waals surface area contributed by atoms with Crippen molar-refractivity contribution in [3.63, 3.8) is 0 Å². The molecule has 0 bridgehead atoms. The smallest absolute Gasteiger partial charge is 0.307 e. The van der Waals surface area contributed by atoms with Crippen LogP contribution in [0.3, 0.4) is 0 Å². The minimum absolute atomic E-state index is 0.0859. The van der Waals surface area contributed by atoms with Gasteiger partial charge < -0.3 is 15.2 Å². The average Bonchev–Trinajstić information content (AvgIpc) is 2.60.